The minimum Gasteiger partial charge on any atom is -0.492 e. The van der Waals surface area contributed by atoms with Crippen LogP contribution in [-0.2, 0) is 6.42 Å². The fourth-order valence-corrected chi connectivity index (χ4v) is 3.86. The van der Waals surface area contributed by atoms with Gasteiger partial charge in [0.25, 0.3) is 0 Å². The molecule has 2 fully saturated rings. The largest absolute Gasteiger partial charge is 0.492 e. The van der Waals surface area contributed by atoms with E-state index in [1.165, 1.54) is 63.6 Å². The highest BCUT2D eigenvalue weighted by molar-refractivity contribution is 14.0. The van der Waals surface area contributed by atoms with Gasteiger partial charge in [-0.25, -0.2) is 0 Å². The maximum atomic E-state index is 6.01. The molecule has 3 N–H and O–H groups in total. The molecule has 1 aromatic carbocycles. The topological polar surface area (TPSA) is 62.9 Å². The first-order valence-electron chi connectivity index (χ1n) is 10.3. The lowest BCUT2D eigenvalue weighted by Gasteiger charge is -2.23. The quantitative estimate of drug-likeness (QED) is 0.335. The molecule has 1 heterocycles. The number of hydrogen-bond acceptors (Lipinski definition) is 3. The smallest absolute Gasteiger partial charge is 0.188 e. The van der Waals surface area contributed by atoms with Crippen molar-refractivity contribution in [1.82, 2.24) is 10.2 Å². The molecule has 0 unspecified atom stereocenters. The summed E-state index contributed by atoms with van der Waals surface area (Å²) in [5.74, 6) is 1.55. The molecule has 1 aromatic rings. The zero-order valence-corrected chi connectivity index (χ0v) is 18.7. The van der Waals surface area contributed by atoms with Crippen molar-refractivity contribution in [3.05, 3.63) is 29.8 Å². The van der Waals surface area contributed by atoms with Crippen LogP contribution >= 0.6 is 24.0 Å². The Kier molecular flexibility index (Phi) is 10.3. The monoisotopic (exact) mass is 486 g/mol. The van der Waals surface area contributed by atoms with E-state index in [4.69, 9.17) is 10.5 Å². The molecular weight excluding hydrogens is 451 g/mol. The van der Waals surface area contributed by atoms with Crippen molar-refractivity contribution in [1.29, 1.82) is 0 Å². The summed E-state index contributed by atoms with van der Waals surface area (Å²) in [5, 5.41) is 3.36. The first-order chi connectivity index (χ1) is 12.8. The predicted molar refractivity (Wildman–Crippen MR) is 123 cm³/mol. The van der Waals surface area contributed by atoms with Crippen LogP contribution in [0.5, 0.6) is 5.75 Å². The van der Waals surface area contributed by atoms with Crippen molar-refractivity contribution in [3.8, 4) is 5.75 Å². The van der Waals surface area contributed by atoms with E-state index in [2.05, 4.69) is 39.5 Å². The number of likely N-dealkylation sites (tertiary alicyclic amines) is 1. The Morgan fingerprint density at radius 3 is 2.48 bits per heavy atom. The molecule has 2 aliphatic rings. The van der Waals surface area contributed by atoms with Crippen LogP contribution in [0.25, 0.3) is 0 Å². The number of aliphatic imine (C=N–C) groups is 1. The van der Waals surface area contributed by atoms with E-state index in [-0.39, 0.29) is 24.0 Å². The van der Waals surface area contributed by atoms with Crippen molar-refractivity contribution in [2.45, 2.75) is 57.4 Å². The van der Waals surface area contributed by atoms with Crippen LogP contribution in [0, 0.1) is 0 Å². The number of ether oxygens (including phenoxy) is 1. The average molecular weight is 486 g/mol. The van der Waals surface area contributed by atoms with E-state index in [1.54, 1.807) is 0 Å². The zero-order valence-electron chi connectivity index (χ0n) is 16.4. The van der Waals surface area contributed by atoms with Gasteiger partial charge in [-0.2, -0.15) is 0 Å². The highest BCUT2D eigenvalue weighted by Gasteiger charge is 2.13. The second-order valence-corrected chi connectivity index (χ2v) is 7.54. The normalized spacial score (nSPS) is 18.9. The Labute approximate surface area is 181 Å². The lowest BCUT2D eigenvalue weighted by Crippen LogP contribution is -2.41. The van der Waals surface area contributed by atoms with E-state index < -0.39 is 0 Å². The number of nitrogens with zero attached hydrogens (tertiary/aromatic N) is 2. The van der Waals surface area contributed by atoms with Gasteiger partial charge in [-0.05, 0) is 62.9 Å². The molecule has 152 valence electrons. The van der Waals surface area contributed by atoms with Crippen LogP contribution in [0.2, 0.25) is 0 Å². The molecule has 1 saturated carbocycles. The number of rotatable bonds is 8. The summed E-state index contributed by atoms with van der Waals surface area (Å²) in [6, 6.07) is 8.90. The van der Waals surface area contributed by atoms with Gasteiger partial charge in [-0.15, -0.1) is 24.0 Å². The Morgan fingerprint density at radius 2 is 1.78 bits per heavy atom. The highest BCUT2D eigenvalue weighted by Crippen LogP contribution is 2.17. The van der Waals surface area contributed by atoms with Crippen molar-refractivity contribution in [2.75, 3.05) is 32.8 Å². The van der Waals surface area contributed by atoms with Crippen LogP contribution in [-0.4, -0.2) is 49.7 Å². The first kappa shape index (κ1) is 22.3. The van der Waals surface area contributed by atoms with Crippen molar-refractivity contribution < 1.29 is 4.74 Å². The number of benzene rings is 1. The Bertz CT molecular complexity index is 552. The third-order valence-corrected chi connectivity index (χ3v) is 5.44. The average Bonchev–Trinajstić information content (AvgIpc) is 3.17. The van der Waals surface area contributed by atoms with Crippen molar-refractivity contribution >= 4 is 29.9 Å². The molecule has 0 radical (unpaired) electrons. The molecule has 5 nitrogen and oxygen atoms in total. The molecule has 0 atom stereocenters. The number of hydrogen-bond donors (Lipinski definition) is 2. The summed E-state index contributed by atoms with van der Waals surface area (Å²) >= 11 is 0. The second-order valence-electron chi connectivity index (χ2n) is 7.54. The van der Waals surface area contributed by atoms with E-state index >= 15 is 0 Å². The molecule has 3 rings (SSSR count). The van der Waals surface area contributed by atoms with Crippen molar-refractivity contribution in [3.63, 3.8) is 0 Å². The number of nitrogens with two attached hydrogens (primary N) is 1. The van der Waals surface area contributed by atoms with Gasteiger partial charge in [0.15, 0.2) is 5.96 Å². The molecule has 0 bridgehead atoms. The summed E-state index contributed by atoms with van der Waals surface area (Å²) in [7, 11) is 0. The summed E-state index contributed by atoms with van der Waals surface area (Å²) in [6.07, 6.45) is 9.96. The first-order valence-corrected chi connectivity index (χ1v) is 10.3. The molecule has 0 amide bonds. The van der Waals surface area contributed by atoms with Crippen LogP contribution in [0.15, 0.2) is 29.3 Å². The summed E-state index contributed by atoms with van der Waals surface area (Å²) in [6.45, 7) is 4.97. The van der Waals surface area contributed by atoms with Gasteiger partial charge in [-0.1, -0.05) is 31.4 Å². The number of halogens is 1. The van der Waals surface area contributed by atoms with Gasteiger partial charge in [0.05, 0.1) is 0 Å². The summed E-state index contributed by atoms with van der Waals surface area (Å²) < 4.78 is 5.85. The van der Waals surface area contributed by atoms with Crippen LogP contribution in [0.1, 0.15) is 50.5 Å². The van der Waals surface area contributed by atoms with Gasteiger partial charge >= 0.3 is 0 Å². The number of nitrogens with one attached hydrogen (secondary N) is 1. The van der Waals surface area contributed by atoms with Gasteiger partial charge in [0.2, 0.25) is 0 Å². The molecule has 0 spiro atoms. The minimum absolute atomic E-state index is 0. The molecule has 1 aliphatic carbocycles. The number of guanidine groups is 1. The summed E-state index contributed by atoms with van der Waals surface area (Å²) in [4.78, 5) is 6.95. The van der Waals surface area contributed by atoms with E-state index in [1.807, 2.05) is 0 Å². The molecule has 6 heteroatoms. The second kappa shape index (κ2) is 12.4. The SMILES string of the molecule is I.NC(=NCCc1ccc(OCCN2CCCC2)cc1)NC1CCCCC1. The van der Waals surface area contributed by atoms with E-state index in [9.17, 15) is 0 Å². The molecule has 27 heavy (non-hydrogen) atoms. The lowest BCUT2D eigenvalue weighted by atomic mass is 9.96. The fraction of sp³-hybridized carbons (Fsp3) is 0.667. The standard InChI is InChI=1S/C21H34N4O.HI/c22-21(24-19-6-2-1-3-7-19)23-13-12-18-8-10-20(11-9-18)26-17-16-25-14-4-5-15-25;/h8-11,19H,1-7,12-17H2,(H3,22,23,24);1H. The van der Waals surface area contributed by atoms with E-state index in [0.29, 0.717) is 12.0 Å². The highest BCUT2D eigenvalue weighted by atomic mass is 127. The molecule has 0 aromatic heterocycles. The lowest BCUT2D eigenvalue weighted by molar-refractivity contribution is 0.238. The molecular formula is C21H35IN4O. The van der Waals surface area contributed by atoms with Crippen molar-refractivity contribution in [2.24, 2.45) is 10.7 Å². The van der Waals surface area contributed by atoms with Crippen LogP contribution in [0.4, 0.5) is 0 Å². The minimum atomic E-state index is 0. The Hall–Kier alpha value is -1.02. The van der Waals surface area contributed by atoms with Gasteiger partial charge in [0.1, 0.15) is 12.4 Å². The third-order valence-electron chi connectivity index (χ3n) is 5.44. The maximum Gasteiger partial charge on any atom is 0.188 e. The zero-order chi connectivity index (χ0) is 18.0. The van der Waals surface area contributed by atoms with Gasteiger partial charge in [-0.3, -0.25) is 9.89 Å². The predicted octanol–water partition coefficient (Wildman–Crippen LogP) is 3.56. The Morgan fingerprint density at radius 1 is 1.07 bits per heavy atom. The van der Waals surface area contributed by atoms with Crippen LogP contribution in [0.3, 0.4) is 0 Å². The van der Waals surface area contributed by atoms with Crippen LogP contribution < -0.4 is 15.8 Å². The maximum absolute atomic E-state index is 6.01. The molecule has 1 aliphatic heterocycles. The van der Waals surface area contributed by atoms with E-state index in [0.717, 1.165) is 31.9 Å². The fourth-order valence-electron chi connectivity index (χ4n) is 3.86. The Balaban J connectivity index is 0.00000261. The molecule has 1 saturated heterocycles. The third kappa shape index (κ3) is 8.25. The summed E-state index contributed by atoms with van der Waals surface area (Å²) in [5.41, 5.74) is 7.28. The van der Waals surface area contributed by atoms with Gasteiger partial charge in [0, 0.05) is 19.1 Å². The van der Waals surface area contributed by atoms with Gasteiger partial charge < -0.3 is 15.8 Å².